The zero-order chi connectivity index (χ0) is 13.2. The predicted octanol–water partition coefficient (Wildman–Crippen LogP) is 3.55. The van der Waals surface area contributed by atoms with E-state index in [9.17, 15) is 4.79 Å². The van der Waals surface area contributed by atoms with Crippen LogP contribution in [-0.2, 0) is 11.2 Å². The maximum Gasteiger partial charge on any atom is 0.141 e. The SMILES string of the molecule is CC1CCC(C(=O)Cc2ccn(C3CCCC3)n2)C1. The molecule has 2 aliphatic rings. The quantitative estimate of drug-likeness (QED) is 0.830. The number of Topliss-reactive ketones (excluding diaryl/α,β-unsaturated/α-hetero) is 1. The summed E-state index contributed by atoms with van der Waals surface area (Å²) in [6.45, 7) is 2.25. The Hall–Kier alpha value is -1.12. The Labute approximate surface area is 115 Å². The van der Waals surface area contributed by atoms with Gasteiger partial charge in [-0.05, 0) is 44.1 Å². The van der Waals surface area contributed by atoms with E-state index in [2.05, 4.69) is 22.9 Å². The van der Waals surface area contributed by atoms with Gasteiger partial charge in [0.2, 0.25) is 0 Å². The van der Waals surface area contributed by atoms with Crippen LogP contribution in [0.15, 0.2) is 12.3 Å². The molecule has 0 radical (unpaired) electrons. The number of aromatic nitrogens is 2. The number of ketones is 1. The Balaban J connectivity index is 1.59. The summed E-state index contributed by atoms with van der Waals surface area (Å²) in [4.78, 5) is 12.2. The Kier molecular flexibility index (Phi) is 3.72. The molecule has 3 rings (SSSR count). The summed E-state index contributed by atoms with van der Waals surface area (Å²) < 4.78 is 2.09. The fourth-order valence-electron chi connectivity index (χ4n) is 3.67. The van der Waals surface area contributed by atoms with Gasteiger partial charge in [0, 0.05) is 12.1 Å². The van der Waals surface area contributed by atoms with Crippen LogP contribution in [0.1, 0.15) is 63.6 Å². The Morgan fingerprint density at radius 3 is 2.79 bits per heavy atom. The van der Waals surface area contributed by atoms with E-state index in [1.54, 1.807) is 0 Å². The Morgan fingerprint density at radius 2 is 2.11 bits per heavy atom. The highest BCUT2D eigenvalue weighted by atomic mass is 16.1. The number of carbonyl (C=O) groups is 1. The van der Waals surface area contributed by atoms with Gasteiger partial charge in [0.25, 0.3) is 0 Å². The van der Waals surface area contributed by atoms with Crippen molar-refractivity contribution in [3.63, 3.8) is 0 Å². The first-order chi connectivity index (χ1) is 9.22. The molecule has 2 saturated carbocycles. The molecule has 19 heavy (non-hydrogen) atoms. The standard InChI is InChI=1S/C16H24N2O/c1-12-6-7-13(10-12)16(19)11-14-8-9-18(17-14)15-4-2-3-5-15/h8-9,12-13,15H,2-7,10-11H2,1H3. The Bertz CT molecular complexity index is 445. The normalized spacial score (nSPS) is 28.1. The minimum absolute atomic E-state index is 0.298. The molecule has 104 valence electrons. The van der Waals surface area contributed by atoms with Crippen molar-refractivity contribution in [2.24, 2.45) is 11.8 Å². The van der Waals surface area contributed by atoms with Crippen molar-refractivity contribution in [1.29, 1.82) is 0 Å². The fourth-order valence-corrected chi connectivity index (χ4v) is 3.67. The van der Waals surface area contributed by atoms with Crippen LogP contribution < -0.4 is 0 Å². The van der Waals surface area contributed by atoms with E-state index in [1.807, 2.05) is 6.07 Å². The van der Waals surface area contributed by atoms with E-state index in [-0.39, 0.29) is 0 Å². The second kappa shape index (κ2) is 5.48. The molecule has 0 N–H and O–H groups in total. The van der Waals surface area contributed by atoms with Crippen molar-refractivity contribution >= 4 is 5.78 Å². The third kappa shape index (κ3) is 2.90. The first-order valence-electron chi connectivity index (χ1n) is 7.79. The molecule has 0 bridgehead atoms. The van der Waals surface area contributed by atoms with Crippen molar-refractivity contribution < 1.29 is 4.79 Å². The average Bonchev–Trinajstić information content (AvgIpc) is 3.07. The van der Waals surface area contributed by atoms with Crippen molar-refractivity contribution in [2.75, 3.05) is 0 Å². The van der Waals surface area contributed by atoms with Crippen LogP contribution in [0.3, 0.4) is 0 Å². The molecule has 0 amide bonds. The van der Waals surface area contributed by atoms with E-state index in [0.717, 1.165) is 24.5 Å². The molecule has 0 aromatic carbocycles. The number of nitrogens with zero attached hydrogens (tertiary/aromatic N) is 2. The van der Waals surface area contributed by atoms with Crippen molar-refractivity contribution in [1.82, 2.24) is 9.78 Å². The van der Waals surface area contributed by atoms with Crippen LogP contribution in [-0.4, -0.2) is 15.6 Å². The summed E-state index contributed by atoms with van der Waals surface area (Å²) in [6, 6.07) is 2.62. The second-order valence-corrected chi connectivity index (χ2v) is 6.48. The second-order valence-electron chi connectivity index (χ2n) is 6.48. The van der Waals surface area contributed by atoms with E-state index < -0.39 is 0 Å². The summed E-state index contributed by atoms with van der Waals surface area (Å²) >= 11 is 0. The highest BCUT2D eigenvalue weighted by Gasteiger charge is 2.27. The van der Waals surface area contributed by atoms with Crippen molar-refractivity contribution in [2.45, 2.75) is 64.3 Å². The van der Waals surface area contributed by atoms with Gasteiger partial charge in [-0.25, -0.2) is 0 Å². The van der Waals surface area contributed by atoms with Crippen LogP contribution in [0.4, 0.5) is 0 Å². The monoisotopic (exact) mass is 260 g/mol. The Morgan fingerprint density at radius 1 is 1.32 bits per heavy atom. The molecule has 1 aromatic rings. The number of hydrogen-bond acceptors (Lipinski definition) is 2. The van der Waals surface area contributed by atoms with Gasteiger partial charge in [0.15, 0.2) is 0 Å². The van der Waals surface area contributed by atoms with Crippen LogP contribution in [0.2, 0.25) is 0 Å². The van der Waals surface area contributed by atoms with Crippen LogP contribution in [0.5, 0.6) is 0 Å². The molecule has 3 heteroatoms. The van der Waals surface area contributed by atoms with Crippen molar-refractivity contribution in [3.05, 3.63) is 18.0 Å². The molecule has 2 unspecified atom stereocenters. The lowest BCUT2D eigenvalue weighted by Gasteiger charge is -2.09. The maximum absolute atomic E-state index is 12.2. The van der Waals surface area contributed by atoms with Gasteiger partial charge in [-0.15, -0.1) is 0 Å². The van der Waals surface area contributed by atoms with Gasteiger partial charge in [0.05, 0.1) is 18.2 Å². The highest BCUT2D eigenvalue weighted by Crippen LogP contribution is 2.32. The van der Waals surface area contributed by atoms with E-state index >= 15 is 0 Å². The van der Waals surface area contributed by atoms with Crippen molar-refractivity contribution in [3.8, 4) is 0 Å². The van der Waals surface area contributed by atoms with Crippen LogP contribution in [0.25, 0.3) is 0 Å². The predicted molar refractivity (Wildman–Crippen MR) is 74.9 cm³/mol. The van der Waals surface area contributed by atoms with Gasteiger partial charge in [0.1, 0.15) is 5.78 Å². The van der Waals surface area contributed by atoms with Gasteiger partial charge < -0.3 is 0 Å². The average molecular weight is 260 g/mol. The zero-order valence-corrected chi connectivity index (χ0v) is 11.8. The van der Waals surface area contributed by atoms with E-state index in [0.29, 0.717) is 24.2 Å². The molecule has 1 aromatic heterocycles. The van der Waals surface area contributed by atoms with Crippen LogP contribution in [0, 0.1) is 11.8 Å². The summed E-state index contributed by atoms with van der Waals surface area (Å²) in [5, 5.41) is 4.62. The maximum atomic E-state index is 12.2. The molecule has 0 spiro atoms. The first kappa shape index (κ1) is 12.9. The molecule has 0 saturated heterocycles. The number of hydrogen-bond donors (Lipinski definition) is 0. The van der Waals surface area contributed by atoms with Gasteiger partial charge >= 0.3 is 0 Å². The molecule has 0 aliphatic heterocycles. The lowest BCUT2D eigenvalue weighted by Crippen LogP contribution is -2.15. The number of rotatable bonds is 4. The molecule has 3 nitrogen and oxygen atoms in total. The third-order valence-corrected chi connectivity index (χ3v) is 4.87. The molecular formula is C16H24N2O. The summed E-state index contributed by atoms with van der Waals surface area (Å²) in [5.41, 5.74) is 0.969. The summed E-state index contributed by atoms with van der Waals surface area (Å²) in [7, 11) is 0. The van der Waals surface area contributed by atoms with Crippen LogP contribution >= 0.6 is 0 Å². The molecule has 2 atom stereocenters. The van der Waals surface area contributed by atoms with Gasteiger partial charge in [-0.3, -0.25) is 9.48 Å². The molecule has 2 fully saturated rings. The largest absolute Gasteiger partial charge is 0.299 e. The minimum Gasteiger partial charge on any atom is -0.299 e. The lowest BCUT2D eigenvalue weighted by atomic mass is 9.98. The summed E-state index contributed by atoms with van der Waals surface area (Å²) in [6.07, 6.45) is 11.1. The first-order valence-corrected chi connectivity index (χ1v) is 7.79. The zero-order valence-electron chi connectivity index (χ0n) is 11.8. The molecule has 2 aliphatic carbocycles. The molecular weight excluding hydrogens is 236 g/mol. The summed E-state index contributed by atoms with van der Waals surface area (Å²) in [5.74, 6) is 1.43. The highest BCUT2D eigenvalue weighted by molar-refractivity contribution is 5.83. The van der Waals surface area contributed by atoms with E-state index in [4.69, 9.17) is 0 Å². The fraction of sp³-hybridized carbons (Fsp3) is 0.750. The lowest BCUT2D eigenvalue weighted by molar-refractivity contribution is -0.122. The van der Waals surface area contributed by atoms with E-state index in [1.165, 1.54) is 32.1 Å². The smallest absolute Gasteiger partial charge is 0.141 e. The van der Waals surface area contributed by atoms with Gasteiger partial charge in [-0.2, -0.15) is 5.10 Å². The molecule has 1 heterocycles. The third-order valence-electron chi connectivity index (χ3n) is 4.87. The minimum atomic E-state index is 0.298. The van der Waals surface area contributed by atoms with Gasteiger partial charge in [-0.1, -0.05) is 19.8 Å². The topological polar surface area (TPSA) is 34.9 Å². The number of carbonyl (C=O) groups excluding carboxylic acids is 1.